The number of anilines is 1. The zero-order chi connectivity index (χ0) is 16.7. The smallest absolute Gasteiger partial charge is 0.337 e. The van der Waals surface area contributed by atoms with E-state index in [2.05, 4.69) is 10.1 Å². The first-order chi connectivity index (χ1) is 11.1. The fraction of sp³-hybridized carbons (Fsp3) is 0.176. The highest BCUT2D eigenvalue weighted by atomic mass is 16.5. The van der Waals surface area contributed by atoms with Gasteiger partial charge >= 0.3 is 5.97 Å². The second-order valence-corrected chi connectivity index (χ2v) is 4.59. The molecule has 0 radical (unpaired) electrons. The van der Waals surface area contributed by atoms with Crippen LogP contribution in [0, 0.1) is 0 Å². The van der Waals surface area contributed by atoms with Crippen molar-refractivity contribution in [2.75, 3.05) is 26.1 Å². The highest BCUT2D eigenvalue weighted by Crippen LogP contribution is 2.17. The lowest BCUT2D eigenvalue weighted by Crippen LogP contribution is -2.20. The van der Waals surface area contributed by atoms with Crippen molar-refractivity contribution in [1.29, 1.82) is 0 Å². The largest absolute Gasteiger partial charge is 0.497 e. The first-order valence-electron chi connectivity index (χ1n) is 6.87. The van der Waals surface area contributed by atoms with Crippen molar-refractivity contribution in [2.24, 2.45) is 0 Å². The zero-order valence-corrected chi connectivity index (χ0v) is 12.9. The molecule has 0 spiro atoms. The Bertz CT molecular complexity index is 699. The Kier molecular flexibility index (Phi) is 5.57. The van der Waals surface area contributed by atoms with Gasteiger partial charge in [0.05, 0.1) is 19.8 Å². The van der Waals surface area contributed by atoms with Gasteiger partial charge in [-0.15, -0.1) is 0 Å². The summed E-state index contributed by atoms with van der Waals surface area (Å²) < 4.78 is 15.1. The number of rotatable bonds is 6. The van der Waals surface area contributed by atoms with E-state index in [0.29, 0.717) is 22.7 Å². The monoisotopic (exact) mass is 315 g/mol. The van der Waals surface area contributed by atoms with Gasteiger partial charge in [0.15, 0.2) is 6.61 Å². The van der Waals surface area contributed by atoms with E-state index in [0.717, 1.165) is 0 Å². The molecule has 1 amide bonds. The fourth-order valence-electron chi connectivity index (χ4n) is 1.88. The van der Waals surface area contributed by atoms with Crippen molar-refractivity contribution < 1.29 is 23.8 Å². The molecule has 2 aromatic rings. The molecule has 6 nitrogen and oxygen atoms in total. The summed E-state index contributed by atoms with van der Waals surface area (Å²) in [4.78, 5) is 23.3. The molecule has 0 heterocycles. The van der Waals surface area contributed by atoms with Gasteiger partial charge in [0, 0.05) is 11.8 Å². The second-order valence-electron chi connectivity index (χ2n) is 4.59. The molecule has 0 aromatic heterocycles. The first-order valence-corrected chi connectivity index (χ1v) is 6.87. The lowest BCUT2D eigenvalue weighted by atomic mass is 10.2. The molecule has 0 aliphatic rings. The molecule has 0 bridgehead atoms. The highest BCUT2D eigenvalue weighted by molar-refractivity contribution is 5.92. The molecule has 2 rings (SSSR count). The number of ether oxygens (including phenoxy) is 3. The Labute approximate surface area is 134 Å². The predicted octanol–water partition coefficient (Wildman–Crippen LogP) is 2.50. The van der Waals surface area contributed by atoms with Gasteiger partial charge in [-0.05, 0) is 30.3 Å². The average molecular weight is 315 g/mol. The summed E-state index contributed by atoms with van der Waals surface area (Å²) in [6.45, 7) is -0.179. The van der Waals surface area contributed by atoms with E-state index in [4.69, 9.17) is 9.47 Å². The van der Waals surface area contributed by atoms with Crippen LogP contribution in [0.2, 0.25) is 0 Å². The maximum absolute atomic E-state index is 11.9. The van der Waals surface area contributed by atoms with Gasteiger partial charge in [-0.3, -0.25) is 4.79 Å². The van der Waals surface area contributed by atoms with E-state index in [-0.39, 0.29) is 12.5 Å². The van der Waals surface area contributed by atoms with Crippen molar-refractivity contribution >= 4 is 17.6 Å². The van der Waals surface area contributed by atoms with Crippen LogP contribution in [0.3, 0.4) is 0 Å². The van der Waals surface area contributed by atoms with Crippen molar-refractivity contribution in [3.05, 3.63) is 54.1 Å². The SMILES string of the molecule is COC(=O)c1cccc(OCC(=O)Nc2cccc(OC)c2)c1. The van der Waals surface area contributed by atoms with Gasteiger partial charge in [-0.25, -0.2) is 4.79 Å². The molecule has 2 aromatic carbocycles. The van der Waals surface area contributed by atoms with Crippen LogP contribution in [-0.2, 0) is 9.53 Å². The molecular weight excluding hydrogens is 298 g/mol. The summed E-state index contributed by atoms with van der Waals surface area (Å²) in [5.74, 6) is 0.279. The second kappa shape index (κ2) is 7.84. The summed E-state index contributed by atoms with van der Waals surface area (Å²) in [5.41, 5.74) is 0.972. The van der Waals surface area contributed by atoms with Gasteiger partial charge in [0.1, 0.15) is 11.5 Å². The van der Waals surface area contributed by atoms with Crippen LogP contribution in [0.5, 0.6) is 11.5 Å². The number of methoxy groups -OCH3 is 2. The molecule has 0 saturated carbocycles. The van der Waals surface area contributed by atoms with Gasteiger partial charge in [-0.1, -0.05) is 12.1 Å². The summed E-state index contributed by atoms with van der Waals surface area (Å²) in [6.07, 6.45) is 0. The van der Waals surface area contributed by atoms with E-state index >= 15 is 0 Å². The van der Waals surface area contributed by atoms with E-state index in [1.807, 2.05) is 0 Å². The maximum Gasteiger partial charge on any atom is 0.337 e. The number of hydrogen-bond donors (Lipinski definition) is 1. The summed E-state index contributed by atoms with van der Waals surface area (Å²) in [6, 6.07) is 13.4. The quantitative estimate of drug-likeness (QED) is 0.829. The topological polar surface area (TPSA) is 73.9 Å². The van der Waals surface area contributed by atoms with Crippen LogP contribution >= 0.6 is 0 Å². The molecule has 0 fully saturated rings. The third-order valence-electron chi connectivity index (χ3n) is 2.98. The van der Waals surface area contributed by atoms with E-state index in [9.17, 15) is 9.59 Å². The molecule has 0 atom stereocenters. The molecule has 0 aliphatic heterocycles. The Balaban J connectivity index is 1.92. The van der Waals surface area contributed by atoms with Crippen LogP contribution in [-0.4, -0.2) is 32.7 Å². The lowest BCUT2D eigenvalue weighted by molar-refractivity contribution is -0.118. The predicted molar refractivity (Wildman–Crippen MR) is 84.9 cm³/mol. The van der Waals surface area contributed by atoms with Gasteiger partial charge < -0.3 is 19.5 Å². The van der Waals surface area contributed by atoms with Gasteiger partial charge in [0.2, 0.25) is 0 Å². The molecule has 0 saturated heterocycles. The Morgan fingerprint density at radius 3 is 2.48 bits per heavy atom. The standard InChI is InChI=1S/C17H17NO5/c1-21-14-7-4-6-13(10-14)18-16(19)11-23-15-8-3-5-12(9-15)17(20)22-2/h3-10H,11H2,1-2H3,(H,18,19). The number of esters is 1. The highest BCUT2D eigenvalue weighted by Gasteiger charge is 2.08. The number of hydrogen-bond acceptors (Lipinski definition) is 5. The lowest BCUT2D eigenvalue weighted by Gasteiger charge is -2.09. The number of benzene rings is 2. The maximum atomic E-state index is 11.9. The molecule has 120 valence electrons. The summed E-state index contributed by atoms with van der Waals surface area (Å²) in [5, 5.41) is 2.70. The summed E-state index contributed by atoms with van der Waals surface area (Å²) in [7, 11) is 2.86. The fourth-order valence-corrected chi connectivity index (χ4v) is 1.88. The number of carbonyl (C=O) groups excluding carboxylic acids is 2. The Morgan fingerprint density at radius 1 is 1.00 bits per heavy atom. The minimum Gasteiger partial charge on any atom is -0.497 e. The Hall–Kier alpha value is -3.02. The average Bonchev–Trinajstić information content (AvgIpc) is 2.59. The normalized spacial score (nSPS) is 9.83. The molecular formula is C17H17NO5. The first kappa shape index (κ1) is 16.4. The molecule has 0 unspecified atom stereocenters. The van der Waals surface area contributed by atoms with E-state index in [1.165, 1.54) is 13.2 Å². The number of amides is 1. The van der Waals surface area contributed by atoms with Gasteiger partial charge in [0.25, 0.3) is 5.91 Å². The molecule has 23 heavy (non-hydrogen) atoms. The van der Waals surface area contributed by atoms with Crippen LogP contribution in [0.1, 0.15) is 10.4 Å². The molecule has 0 aliphatic carbocycles. The third kappa shape index (κ3) is 4.74. The van der Waals surface area contributed by atoms with Crippen LogP contribution in [0.15, 0.2) is 48.5 Å². The minimum absolute atomic E-state index is 0.179. The van der Waals surface area contributed by atoms with Crippen LogP contribution in [0.4, 0.5) is 5.69 Å². The molecule has 6 heteroatoms. The van der Waals surface area contributed by atoms with Crippen molar-refractivity contribution in [2.45, 2.75) is 0 Å². The van der Waals surface area contributed by atoms with E-state index in [1.54, 1.807) is 49.6 Å². The third-order valence-corrected chi connectivity index (χ3v) is 2.98. The van der Waals surface area contributed by atoms with Crippen molar-refractivity contribution in [3.63, 3.8) is 0 Å². The van der Waals surface area contributed by atoms with Crippen LogP contribution < -0.4 is 14.8 Å². The van der Waals surface area contributed by atoms with E-state index < -0.39 is 5.97 Å². The van der Waals surface area contributed by atoms with Crippen molar-refractivity contribution in [1.82, 2.24) is 0 Å². The summed E-state index contributed by atoms with van der Waals surface area (Å²) >= 11 is 0. The Morgan fingerprint density at radius 2 is 1.74 bits per heavy atom. The van der Waals surface area contributed by atoms with Crippen LogP contribution in [0.25, 0.3) is 0 Å². The van der Waals surface area contributed by atoms with Crippen molar-refractivity contribution in [3.8, 4) is 11.5 Å². The zero-order valence-electron chi connectivity index (χ0n) is 12.9. The minimum atomic E-state index is -0.462. The molecule has 1 N–H and O–H groups in total. The van der Waals surface area contributed by atoms with Gasteiger partial charge in [-0.2, -0.15) is 0 Å². The number of nitrogens with one attached hydrogen (secondary N) is 1. The number of carbonyl (C=O) groups is 2.